The van der Waals surface area contributed by atoms with E-state index in [1.54, 1.807) is 0 Å². The van der Waals surface area contributed by atoms with Gasteiger partial charge in [0.2, 0.25) is 0 Å². The van der Waals surface area contributed by atoms with Crippen LogP contribution in [-0.2, 0) is 23.9 Å². The Bertz CT molecular complexity index is 378. The average Bonchev–Trinajstić information content (AvgIpc) is 2.41. The first-order chi connectivity index (χ1) is 9.24. The summed E-state index contributed by atoms with van der Waals surface area (Å²) in [7, 11) is 0. The van der Waals surface area contributed by atoms with Crippen LogP contribution in [0.5, 0.6) is 0 Å². The van der Waals surface area contributed by atoms with E-state index in [1.807, 2.05) is 0 Å². The Morgan fingerprint density at radius 2 is 1.65 bits per heavy atom. The minimum atomic E-state index is -2.06. The molecule has 10 nitrogen and oxygen atoms in total. The fraction of sp³-hybridized carbons (Fsp3) is 0.600. The maximum Gasteiger partial charge on any atom is 0.372 e. The van der Waals surface area contributed by atoms with Gasteiger partial charge in [-0.3, -0.25) is 14.4 Å². The number of aliphatic hydroxyl groups excluding tert-OH is 4. The number of ketones is 1. The van der Waals surface area contributed by atoms with Gasteiger partial charge in [-0.05, 0) is 0 Å². The van der Waals surface area contributed by atoms with Crippen LogP contribution in [0.25, 0.3) is 0 Å². The number of carboxylic acids is 1. The molecule has 114 valence electrons. The Morgan fingerprint density at radius 1 is 1.10 bits per heavy atom. The zero-order valence-electron chi connectivity index (χ0n) is 10.1. The molecular formula is C10H14O10. The van der Waals surface area contributed by atoms with Crippen molar-refractivity contribution in [2.45, 2.75) is 30.8 Å². The van der Waals surface area contributed by atoms with E-state index >= 15 is 0 Å². The van der Waals surface area contributed by atoms with E-state index in [0.29, 0.717) is 0 Å². The summed E-state index contributed by atoms with van der Waals surface area (Å²) in [6, 6.07) is 0. The van der Waals surface area contributed by atoms with Crippen molar-refractivity contribution in [2.24, 2.45) is 0 Å². The zero-order chi connectivity index (χ0) is 15.9. The summed E-state index contributed by atoms with van der Waals surface area (Å²) >= 11 is 0. The molecule has 4 atom stereocenters. The molecule has 0 saturated heterocycles. The first-order valence-corrected chi connectivity index (χ1v) is 5.30. The number of carbonyl (C=O) groups excluding carboxylic acids is 3. The summed E-state index contributed by atoms with van der Waals surface area (Å²) in [6.07, 6.45) is -9.00. The number of esters is 1. The van der Waals surface area contributed by atoms with Gasteiger partial charge in [0, 0.05) is 0 Å². The van der Waals surface area contributed by atoms with Gasteiger partial charge in [-0.25, -0.2) is 4.79 Å². The molecule has 0 aromatic carbocycles. The lowest BCUT2D eigenvalue weighted by atomic mass is 10.0. The van der Waals surface area contributed by atoms with Gasteiger partial charge in [-0.2, -0.15) is 0 Å². The van der Waals surface area contributed by atoms with Crippen molar-refractivity contribution >= 4 is 24.0 Å². The van der Waals surface area contributed by atoms with E-state index in [4.69, 9.17) is 15.3 Å². The highest BCUT2D eigenvalue weighted by Gasteiger charge is 2.34. The molecule has 0 aliphatic rings. The number of rotatable bonds is 9. The maximum atomic E-state index is 11.1. The van der Waals surface area contributed by atoms with Crippen LogP contribution in [0.3, 0.4) is 0 Å². The lowest BCUT2D eigenvalue weighted by Crippen LogP contribution is -2.48. The van der Waals surface area contributed by atoms with Crippen molar-refractivity contribution in [1.29, 1.82) is 0 Å². The Labute approximate surface area is 112 Å². The van der Waals surface area contributed by atoms with Gasteiger partial charge in [0.1, 0.15) is 24.7 Å². The van der Waals surface area contributed by atoms with Crippen molar-refractivity contribution in [3.05, 3.63) is 0 Å². The molecule has 0 aliphatic heterocycles. The first-order valence-electron chi connectivity index (χ1n) is 5.30. The summed E-state index contributed by atoms with van der Waals surface area (Å²) in [5, 5.41) is 44.6. The molecule has 0 unspecified atom stereocenters. The Hall–Kier alpha value is -1.88. The fourth-order valence-electron chi connectivity index (χ4n) is 1.11. The van der Waals surface area contributed by atoms with Gasteiger partial charge in [0.15, 0.2) is 12.4 Å². The minimum absolute atomic E-state index is 0.0822. The molecule has 0 fully saturated rings. The number of aliphatic carboxylic acids is 1. The van der Waals surface area contributed by atoms with Crippen molar-refractivity contribution in [1.82, 2.24) is 0 Å². The molecule has 10 heteroatoms. The number of Topliss-reactive ketones (excluding diaryl/α,β-unsaturated/α-hetero) is 1. The van der Waals surface area contributed by atoms with Crippen LogP contribution >= 0.6 is 0 Å². The molecule has 0 radical (unpaired) electrons. The summed E-state index contributed by atoms with van der Waals surface area (Å²) in [6.45, 7) is -0.921. The van der Waals surface area contributed by atoms with E-state index < -0.39 is 55.2 Å². The standard InChI is InChI=1S/C10H14O10/c11-2-5(14)8(16)9(17)6(3-12)20-7(15)1-4(13)10(18)19/h3,5-6,8-9,11,14,16-17H,1-2H2,(H,18,19)/t5-,6+,8-,9-/m1/s1. The van der Waals surface area contributed by atoms with E-state index in [1.165, 1.54) is 0 Å². The topological polar surface area (TPSA) is 179 Å². The second kappa shape index (κ2) is 8.32. The molecule has 0 aromatic heterocycles. The Morgan fingerprint density at radius 3 is 2.05 bits per heavy atom. The maximum absolute atomic E-state index is 11.1. The SMILES string of the molecule is O=C[C@H](OC(=O)CC(=O)C(=O)O)[C@@H](O)[C@H](O)[C@H](O)CO. The van der Waals surface area contributed by atoms with Gasteiger partial charge in [0.25, 0.3) is 5.78 Å². The highest BCUT2D eigenvalue weighted by Crippen LogP contribution is 2.08. The predicted molar refractivity (Wildman–Crippen MR) is 58.3 cm³/mol. The molecule has 0 aromatic rings. The number of aldehydes is 1. The van der Waals surface area contributed by atoms with E-state index in [2.05, 4.69) is 4.74 Å². The second-order valence-corrected chi connectivity index (χ2v) is 3.73. The quantitative estimate of drug-likeness (QED) is 0.122. The van der Waals surface area contributed by atoms with Gasteiger partial charge in [-0.1, -0.05) is 0 Å². The van der Waals surface area contributed by atoms with Crippen molar-refractivity contribution in [2.75, 3.05) is 6.61 Å². The lowest BCUT2D eigenvalue weighted by Gasteiger charge is -2.25. The smallest absolute Gasteiger partial charge is 0.372 e. The van der Waals surface area contributed by atoms with Crippen LogP contribution in [0, 0.1) is 0 Å². The fourth-order valence-corrected chi connectivity index (χ4v) is 1.11. The molecule has 0 bridgehead atoms. The average molecular weight is 294 g/mol. The highest BCUT2D eigenvalue weighted by molar-refractivity contribution is 6.35. The van der Waals surface area contributed by atoms with Crippen LogP contribution < -0.4 is 0 Å². The van der Waals surface area contributed by atoms with Crippen LogP contribution in [-0.4, -0.2) is 80.6 Å². The normalized spacial score (nSPS) is 16.6. The lowest BCUT2D eigenvalue weighted by molar-refractivity contribution is -0.170. The number of aliphatic hydroxyl groups is 4. The van der Waals surface area contributed by atoms with Crippen molar-refractivity contribution < 1.29 is 49.4 Å². The van der Waals surface area contributed by atoms with Crippen molar-refractivity contribution in [3.63, 3.8) is 0 Å². The number of ether oxygens (including phenoxy) is 1. The predicted octanol–water partition coefficient (Wildman–Crippen LogP) is -3.78. The van der Waals surface area contributed by atoms with E-state index in [-0.39, 0.29) is 6.29 Å². The molecule has 0 aliphatic carbocycles. The Kier molecular flexibility index (Phi) is 7.54. The first kappa shape index (κ1) is 18.1. The number of hydrogen-bond donors (Lipinski definition) is 5. The number of carboxylic acid groups (broad SMARTS) is 1. The summed E-state index contributed by atoms with van der Waals surface area (Å²) in [4.78, 5) is 42.6. The third kappa shape index (κ3) is 5.40. The molecule has 5 N–H and O–H groups in total. The van der Waals surface area contributed by atoms with Gasteiger partial charge < -0.3 is 30.3 Å². The minimum Gasteiger partial charge on any atom is -0.475 e. The van der Waals surface area contributed by atoms with Gasteiger partial charge in [-0.15, -0.1) is 0 Å². The molecule has 0 rings (SSSR count). The number of hydrogen-bond acceptors (Lipinski definition) is 9. The van der Waals surface area contributed by atoms with Crippen LogP contribution in [0.1, 0.15) is 6.42 Å². The highest BCUT2D eigenvalue weighted by atomic mass is 16.6. The molecule has 0 heterocycles. The van der Waals surface area contributed by atoms with E-state index in [0.717, 1.165) is 0 Å². The van der Waals surface area contributed by atoms with Gasteiger partial charge >= 0.3 is 11.9 Å². The van der Waals surface area contributed by atoms with E-state index in [9.17, 15) is 29.4 Å². The van der Waals surface area contributed by atoms with Crippen LogP contribution in [0.2, 0.25) is 0 Å². The molecule has 0 spiro atoms. The molecular weight excluding hydrogens is 280 g/mol. The van der Waals surface area contributed by atoms with Crippen LogP contribution in [0.15, 0.2) is 0 Å². The zero-order valence-corrected chi connectivity index (χ0v) is 10.1. The third-order valence-electron chi connectivity index (χ3n) is 2.21. The summed E-state index contributed by atoms with van der Waals surface area (Å²) in [5.41, 5.74) is 0. The molecule has 0 saturated carbocycles. The largest absolute Gasteiger partial charge is 0.475 e. The molecule has 20 heavy (non-hydrogen) atoms. The Balaban J connectivity index is 4.61. The number of carbonyl (C=O) groups is 4. The summed E-state index contributed by atoms with van der Waals surface area (Å²) in [5.74, 6) is -4.76. The monoisotopic (exact) mass is 294 g/mol. The second-order valence-electron chi connectivity index (χ2n) is 3.73. The van der Waals surface area contributed by atoms with Crippen LogP contribution in [0.4, 0.5) is 0 Å². The molecule has 0 amide bonds. The van der Waals surface area contributed by atoms with Crippen molar-refractivity contribution in [3.8, 4) is 0 Å². The summed E-state index contributed by atoms with van der Waals surface area (Å²) < 4.78 is 4.30. The van der Waals surface area contributed by atoms with Gasteiger partial charge in [0.05, 0.1) is 6.61 Å². The third-order valence-corrected chi connectivity index (χ3v) is 2.21.